The third-order valence-corrected chi connectivity index (χ3v) is 5.18. The van der Waals surface area contributed by atoms with Crippen LogP contribution in [-0.2, 0) is 19.0 Å². The maximum absolute atomic E-state index is 12.6. The number of fused-ring (bicyclic) bond motifs is 1. The van der Waals surface area contributed by atoms with Crippen molar-refractivity contribution in [1.29, 1.82) is 5.26 Å². The molecule has 21 heavy (non-hydrogen) atoms. The van der Waals surface area contributed by atoms with Gasteiger partial charge in [0.15, 0.2) is 0 Å². The summed E-state index contributed by atoms with van der Waals surface area (Å²) in [7, 11) is 1.66. The van der Waals surface area contributed by atoms with E-state index < -0.39 is 5.41 Å². The molecule has 2 heterocycles. The van der Waals surface area contributed by atoms with Gasteiger partial charge >= 0.3 is 0 Å². The molecule has 3 rings (SSSR count). The van der Waals surface area contributed by atoms with Crippen LogP contribution >= 0.6 is 0 Å². The zero-order valence-electron chi connectivity index (χ0n) is 12.3. The smallest absolute Gasteiger partial charge is 0.240 e. The minimum absolute atomic E-state index is 0.0676. The van der Waals surface area contributed by atoms with Gasteiger partial charge in [-0.2, -0.15) is 5.26 Å². The quantitative estimate of drug-likeness (QED) is 0.815. The third kappa shape index (κ3) is 2.44. The molecule has 2 saturated heterocycles. The first kappa shape index (κ1) is 14.8. The molecule has 3 aliphatic rings. The van der Waals surface area contributed by atoms with Gasteiger partial charge in [0.05, 0.1) is 18.8 Å². The van der Waals surface area contributed by atoms with Crippen molar-refractivity contribution in [2.45, 2.75) is 31.4 Å². The number of carbonyl (C=O) groups is 1. The Kier molecular flexibility index (Phi) is 4.16. The SMILES string of the molecule is COC[C@@H]1[C@H](NC(=O)C2(C#N)CCOCC2)[C@@H]2CCO[C@H]12. The van der Waals surface area contributed by atoms with E-state index in [2.05, 4.69) is 11.4 Å². The lowest BCUT2D eigenvalue weighted by Gasteiger charge is -2.48. The van der Waals surface area contributed by atoms with E-state index in [0.717, 1.165) is 13.0 Å². The summed E-state index contributed by atoms with van der Waals surface area (Å²) < 4.78 is 16.2. The minimum Gasteiger partial charge on any atom is -0.384 e. The van der Waals surface area contributed by atoms with Crippen LogP contribution in [-0.4, -0.2) is 51.6 Å². The van der Waals surface area contributed by atoms with Gasteiger partial charge < -0.3 is 19.5 Å². The molecule has 116 valence electrons. The largest absolute Gasteiger partial charge is 0.384 e. The molecular weight excluding hydrogens is 272 g/mol. The lowest BCUT2D eigenvalue weighted by Crippen LogP contribution is -2.64. The molecule has 0 unspecified atom stereocenters. The van der Waals surface area contributed by atoms with E-state index in [1.54, 1.807) is 7.11 Å². The maximum Gasteiger partial charge on any atom is 0.240 e. The standard InChI is InChI=1S/C15H22N2O4/c1-19-8-11-12(10-2-5-21-13(10)11)17-14(18)15(9-16)3-6-20-7-4-15/h10-13H,2-8H2,1H3,(H,17,18)/t10-,11+,12+,13-/m0/s1. The molecule has 0 aromatic carbocycles. The Morgan fingerprint density at radius 2 is 2.19 bits per heavy atom. The van der Waals surface area contributed by atoms with E-state index in [1.165, 1.54) is 0 Å². The molecule has 0 aromatic rings. The van der Waals surface area contributed by atoms with Crippen LogP contribution in [0.2, 0.25) is 0 Å². The zero-order valence-corrected chi connectivity index (χ0v) is 12.3. The summed E-state index contributed by atoms with van der Waals surface area (Å²) in [6.45, 7) is 2.28. The second-order valence-electron chi connectivity index (χ2n) is 6.21. The second kappa shape index (κ2) is 5.91. The van der Waals surface area contributed by atoms with Gasteiger partial charge in [0.1, 0.15) is 5.41 Å². The number of methoxy groups -OCH3 is 1. The molecule has 0 aromatic heterocycles. The molecule has 0 spiro atoms. The Morgan fingerprint density at radius 1 is 1.43 bits per heavy atom. The minimum atomic E-state index is -0.930. The predicted molar refractivity (Wildman–Crippen MR) is 73.2 cm³/mol. The highest BCUT2D eigenvalue weighted by atomic mass is 16.5. The number of hydrogen-bond donors (Lipinski definition) is 1. The van der Waals surface area contributed by atoms with Gasteiger partial charge in [0.25, 0.3) is 0 Å². The molecule has 3 fully saturated rings. The van der Waals surface area contributed by atoms with E-state index in [-0.39, 0.29) is 24.0 Å². The third-order valence-electron chi connectivity index (χ3n) is 5.18. The number of nitrogens with one attached hydrogen (secondary N) is 1. The number of nitriles is 1. The van der Waals surface area contributed by atoms with E-state index in [4.69, 9.17) is 14.2 Å². The Hall–Kier alpha value is -1.16. The van der Waals surface area contributed by atoms with Crippen LogP contribution in [0.15, 0.2) is 0 Å². The van der Waals surface area contributed by atoms with Crippen molar-refractivity contribution >= 4 is 5.91 Å². The fraction of sp³-hybridized carbons (Fsp3) is 0.867. The van der Waals surface area contributed by atoms with Gasteiger partial charge in [-0.05, 0) is 19.3 Å². The van der Waals surface area contributed by atoms with E-state index in [9.17, 15) is 10.1 Å². The van der Waals surface area contributed by atoms with Crippen LogP contribution in [0.3, 0.4) is 0 Å². The molecule has 0 radical (unpaired) electrons. The molecule has 6 heteroatoms. The Labute approximate surface area is 124 Å². The molecule has 6 nitrogen and oxygen atoms in total. The fourth-order valence-corrected chi connectivity index (χ4v) is 3.83. The van der Waals surface area contributed by atoms with Crippen molar-refractivity contribution in [1.82, 2.24) is 5.32 Å². The topological polar surface area (TPSA) is 80.6 Å². The zero-order chi connectivity index (χ0) is 14.9. The summed E-state index contributed by atoms with van der Waals surface area (Å²) in [5.41, 5.74) is -0.930. The average molecular weight is 294 g/mol. The highest BCUT2D eigenvalue weighted by Gasteiger charge is 2.55. The van der Waals surface area contributed by atoms with Crippen molar-refractivity contribution in [3.8, 4) is 6.07 Å². The van der Waals surface area contributed by atoms with Crippen LogP contribution < -0.4 is 5.32 Å². The Morgan fingerprint density at radius 3 is 2.86 bits per heavy atom. The lowest BCUT2D eigenvalue weighted by molar-refractivity contribution is -0.140. The number of rotatable bonds is 4. The van der Waals surface area contributed by atoms with E-state index in [0.29, 0.717) is 38.6 Å². The van der Waals surface area contributed by atoms with Crippen LogP contribution in [0.5, 0.6) is 0 Å². The number of nitrogens with zero attached hydrogens (tertiary/aromatic N) is 1. The molecule has 0 bridgehead atoms. The monoisotopic (exact) mass is 294 g/mol. The first-order valence-corrected chi connectivity index (χ1v) is 7.62. The van der Waals surface area contributed by atoms with Gasteiger partial charge in [0.2, 0.25) is 5.91 Å². The summed E-state index contributed by atoms with van der Waals surface area (Å²) in [6.07, 6.45) is 2.12. The van der Waals surface area contributed by atoms with Gasteiger partial charge in [-0.1, -0.05) is 0 Å². The highest BCUT2D eigenvalue weighted by molar-refractivity contribution is 5.86. The summed E-state index contributed by atoms with van der Waals surface area (Å²) in [4.78, 5) is 12.6. The first-order chi connectivity index (χ1) is 10.2. The molecule has 1 N–H and O–H groups in total. The van der Waals surface area contributed by atoms with Gasteiger partial charge in [0, 0.05) is 44.8 Å². The second-order valence-corrected chi connectivity index (χ2v) is 6.21. The summed E-state index contributed by atoms with van der Waals surface area (Å²) in [5, 5.41) is 12.6. The molecule has 2 aliphatic heterocycles. The van der Waals surface area contributed by atoms with Gasteiger partial charge in [-0.25, -0.2) is 0 Å². The van der Waals surface area contributed by atoms with E-state index in [1.807, 2.05) is 0 Å². The van der Waals surface area contributed by atoms with Crippen LogP contribution in [0.4, 0.5) is 0 Å². The van der Waals surface area contributed by atoms with Crippen LogP contribution in [0, 0.1) is 28.6 Å². The van der Waals surface area contributed by atoms with Crippen molar-refractivity contribution in [3.05, 3.63) is 0 Å². The number of carbonyl (C=O) groups excluding carboxylic acids is 1. The maximum atomic E-state index is 12.6. The van der Waals surface area contributed by atoms with Crippen molar-refractivity contribution in [3.63, 3.8) is 0 Å². The van der Waals surface area contributed by atoms with Gasteiger partial charge in [-0.3, -0.25) is 4.79 Å². The van der Waals surface area contributed by atoms with Gasteiger partial charge in [-0.15, -0.1) is 0 Å². The molecular formula is C15H22N2O4. The highest BCUT2D eigenvalue weighted by Crippen LogP contribution is 2.44. The predicted octanol–water partition coefficient (Wildman–Crippen LogP) is 0.473. The fourth-order valence-electron chi connectivity index (χ4n) is 3.83. The number of ether oxygens (including phenoxy) is 3. The lowest BCUT2D eigenvalue weighted by atomic mass is 9.66. The molecule has 1 saturated carbocycles. The molecule has 1 amide bonds. The van der Waals surface area contributed by atoms with Crippen LogP contribution in [0.1, 0.15) is 19.3 Å². The first-order valence-electron chi connectivity index (χ1n) is 7.62. The number of hydrogen-bond acceptors (Lipinski definition) is 5. The molecule has 4 atom stereocenters. The molecule has 1 aliphatic carbocycles. The normalized spacial score (nSPS) is 37.1. The van der Waals surface area contributed by atoms with Crippen molar-refractivity contribution < 1.29 is 19.0 Å². The Balaban J connectivity index is 1.67. The number of amides is 1. The van der Waals surface area contributed by atoms with Crippen molar-refractivity contribution in [2.75, 3.05) is 33.5 Å². The summed E-state index contributed by atoms with van der Waals surface area (Å²) in [6, 6.07) is 2.29. The Bertz CT molecular complexity index is 441. The van der Waals surface area contributed by atoms with Crippen LogP contribution in [0.25, 0.3) is 0 Å². The summed E-state index contributed by atoms with van der Waals surface area (Å²) >= 11 is 0. The van der Waals surface area contributed by atoms with Crippen molar-refractivity contribution in [2.24, 2.45) is 17.3 Å². The average Bonchev–Trinajstić information content (AvgIpc) is 2.95. The van der Waals surface area contributed by atoms with E-state index >= 15 is 0 Å². The summed E-state index contributed by atoms with van der Waals surface area (Å²) in [5.74, 6) is 0.413.